The van der Waals surface area contributed by atoms with Crippen LogP contribution in [0.3, 0.4) is 0 Å². The number of hydrogen-bond acceptors (Lipinski definition) is 5. The zero-order valence-corrected chi connectivity index (χ0v) is 25.8. The van der Waals surface area contributed by atoms with E-state index < -0.39 is 23.8 Å². The lowest BCUT2D eigenvalue weighted by molar-refractivity contribution is -0.121. The van der Waals surface area contributed by atoms with Crippen molar-refractivity contribution >= 4 is 70.4 Å². The summed E-state index contributed by atoms with van der Waals surface area (Å²) in [6.07, 6.45) is 1.55. The van der Waals surface area contributed by atoms with Gasteiger partial charge in [-0.3, -0.25) is 14.9 Å². The predicted molar refractivity (Wildman–Crippen MR) is 169 cm³/mol. The number of hydrazone groups is 1. The zero-order valence-electron chi connectivity index (χ0n) is 23.5. The molecule has 1 saturated heterocycles. The number of rotatable bonds is 10. The molecule has 0 unspecified atom stereocenters. The van der Waals surface area contributed by atoms with E-state index in [0.29, 0.717) is 44.3 Å². The molecule has 3 aromatic rings. The van der Waals surface area contributed by atoms with Crippen molar-refractivity contribution in [1.82, 2.24) is 15.4 Å². The van der Waals surface area contributed by atoms with Gasteiger partial charge in [0.1, 0.15) is 0 Å². The molecule has 1 atom stereocenters. The molecule has 5 amide bonds. The highest BCUT2D eigenvalue weighted by molar-refractivity contribution is 6.31. The van der Waals surface area contributed by atoms with Gasteiger partial charge in [-0.15, -0.1) is 0 Å². The number of hydroxylamine groups is 2. The standard InChI is InChI=1S/C30H31Cl3N6O4/c1-30(2)27(39(43)28(41)35-24-9-5-7-22(32)17-24)38(25-10-6-8-23(33)18-25)29(42)37(30)16-4-3-11-26(40)36-34-19-20-12-14-21(31)15-13-20/h5-10,12-15,17-19,27,43H,3-4,11,16H2,1-2H3,(H,35,41)(H,36,40)/b34-19+/t27-/m1/s1. The average molecular weight is 646 g/mol. The highest BCUT2D eigenvalue weighted by atomic mass is 35.5. The Morgan fingerprint density at radius 3 is 2.33 bits per heavy atom. The molecule has 0 aliphatic carbocycles. The van der Waals surface area contributed by atoms with Gasteiger partial charge in [0, 0.05) is 39.4 Å². The summed E-state index contributed by atoms with van der Waals surface area (Å²) in [7, 11) is 0. The number of urea groups is 2. The third-order valence-electron chi connectivity index (χ3n) is 6.92. The Hall–Kier alpha value is -3.83. The van der Waals surface area contributed by atoms with Crippen LogP contribution >= 0.6 is 34.8 Å². The number of carbonyl (C=O) groups excluding carboxylic acids is 3. The number of carbonyl (C=O) groups is 3. The quantitative estimate of drug-likeness (QED) is 0.0933. The molecule has 1 fully saturated rings. The Bertz CT molecular complexity index is 1500. The molecule has 1 heterocycles. The second kappa shape index (κ2) is 14.1. The van der Waals surface area contributed by atoms with Gasteiger partial charge in [-0.25, -0.2) is 15.0 Å². The predicted octanol–water partition coefficient (Wildman–Crippen LogP) is 7.24. The number of nitrogens with zero attached hydrogens (tertiary/aromatic N) is 4. The SMILES string of the molecule is CC1(C)[C@@H](N(O)C(=O)Nc2cccc(Cl)c2)N(c2cccc(Cl)c2)C(=O)N1CCCCC(=O)N/N=C/c1ccc(Cl)cc1. The zero-order chi connectivity index (χ0) is 31.1. The maximum Gasteiger partial charge on any atom is 0.347 e. The first-order valence-electron chi connectivity index (χ1n) is 13.5. The van der Waals surface area contributed by atoms with Gasteiger partial charge >= 0.3 is 12.1 Å². The normalized spacial score (nSPS) is 16.0. The summed E-state index contributed by atoms with van der Waals surface area (Å²) in [5.74, 6) is -0.269. The van der Waals surface area contributed by atoms with E-state index in [-0.39, 0.29) is 18.9 Å². The molecule has 226 valence electrons. The second-order valence-corrected chi connectivity index (χ2v) is 11.7. The summed E-state index contributed by atoms with van der Waals surface area (Å²) < 4.78 is 0. The fourth-order valence-electron chi connectivity index (χ4n) is 4.80. The summed E-state index contributed by atoms with van der Waals surface area (Å²) in [5, 5.41) is 19.7. The lowest BCUT2D eigenvalue weighted by Gasteiger charge is -2.38. The fourth-order valence-corrected chi connectivity index (χ4v) is 5.30. The molecule has 10 nitrogen and oxygen atoms in total. The molecule has 13 heteroatoms. The minimum atomic E-state index is -1.12. The minimum Gasteiger partial charge on any atom is -0.315 e. The number of benzene rings is 3. The number of anilines is 2. The van der Waals surface area contributed by atoms with Crippen LogP contribution in [0.25, 0.3) is 0 Å². The van der Waals surface area contributed by atoms with Gasteiger partial charge in [0.2, 0.25) is 5.91 Å². The van der Waals surface area contributed by atoms with E-state index in [1.54, 1.807) is 91.5 Å². The van der Waals surface area contributed by atoms with Crippen molar-refractivity contribution in [2.24, 2.45) is 5.10 Å². The van der Waals surface area contributed by atoms with E-state index in [2.05, 4.69) is 15.8 Å². The lowest BCUT2D eigenvalue weighted by atomic mass is 9.99. The van der Waals surface area contributed by atoms with Crippen molar-refractivity contribution in [3.05, 3.63) is 93.4 Å². The summed E-state index contributed by atoms with van der Waals surface area (Å²) in [6.45, 7) is 3.78. The largest absolute Gasteiger partial charge is 0.347 e. The molecule has 3 N–H and O–H groups in total. The summed E-state index contributed by atoms with van der Waals surface area (Å²) in [4.78, 5) is 42.2. The first-order chi connectivity index (χ1) is 20.5. The van der Waals surface area contributed by atoms with Gasteiger partial charge in [0.15, 0.2) is 6.17 Å². The van der Waals surface area contributed by atoms with Crippen LogP contribution in [0, 0.1) is 0 Å². The Morgan fingerprint density at radius 1 is 0.977 bits per heavy atom. The van der Waals surface area contributed by atoms with E-state index in [4.69, 9.17) is 34.8 Å². The van der Waals surface area contributed by atoms with Crippen LogP contribution in [-0.4, -0.2) is 57.6 Å². The Balaban J connectivity index is 1.43. The van der Waals surface area contributed by atoms with E-state index >= 15 is 0 Å². The first kappa shape index (κ1) is 32.1. The van der Waals surface area contributed by atoms with Gasteiger partial charge in [-0.05, 0) is 80.8 Å². The van der Waals surface area contributed by atoms with Crippen LogP contribution in [0.4, 0.5) is 21.0 Å². The molecule has 43 heavy (non-hydrogen) atoms. The highest BCUT2D eigenvalue weighted by Crippen LogP contribution is 2.39. The maximum atomic E-state index is 13.8. The topological polar surface area (TPSA) is 118 Å². The van der Waals surface area contributed by atoms with Crippen LogP contribution in [-0.2, 0) is 4.79 Å². The van der Waals surface area contributed by atoms with E-state index in [1.165, 1.54) is 11.1 Å². The fraction of sp³-hybridized carbons (Fsp3) is 0.267. The van der Waals surface area contributed by atoms with Crippen LogP contribution in [0.5, 0.6) is 0 Å². The molecule has 1 aliphatic rings. The number of nitrogens with one attached hydrogen (secondary N) is 2. The van der Waals surface area contributed by atoms with Crippen LogP contribution in [0.2, 0.25) is 15.1 Å². The molecule has 3 aromatic carbocycles. The lowest BCUT2D eigenvalue weighted by Crippen LogP contribution is -2.58. The van der Waals surface area contributed by atoms with E-state index in [0.717, 1.165) is 5.56 Å². The second-order valence-electron chi connectivity index (χ2n) is 10.4. The molecule has 0 bridgehead atoms. The maximum absolute atomic E-state index is 13.8. The van der Waals surface area contributed by atoms with Gasteiger partial charge in [0.25, 0.3) is 0 Å². The van der Waals surface area contributed by atoms with E-state index in [1.807, 2.05) is 0 Å². The van der Waals surface area contributed by atoms with Crippen molar-refractivity contribution in [2.75, 3.05) is 16.8 Å². The molecule has 0 radical (unpaired) electrons. The summed E-state index contributed by atoms with van der Waals surface area (Å²) >= 11 is 18.1. The smallest absolute Gasteiger partial charge is 0.315 e. The number of hydrogen-bond donors (Lipinski definition) is 3. The molecule has 0 saturated carbocycles. The number of halogens is 3. The first-order valence-corrected chi connectivity index (χ1v) is 14.6. The third kappa shape index (κ3) is 7.97. The highest BCUT2D eigenvalue weighted by Gasteiger charge is 2.55. The number of unbranched alkanes of at least 4 members (excludes halogenated alkanes) is 1. The van der Waals surface area contributed by atoms with Gasteiger partial charge < -0.3 is 10.2 Å². The van der Waals surface area contributed by atoms with Gasteiger partial charge in [0.05, 0.1) is 11.8 Å². The van der Waals surface area contributed by atoms with E-state index in [9.17, 15) is 19.6 Å². The molecule has 0 spiro atoms. The monoisotopic (exact) mass is 644 g/mol. The van der Waals surface area contributed by atoms with Crippen LogP contribution in [0.15, 0.2) is 77.9 Å². The summed E-state index contributed by atoms with van der Waals surface area (Å²) in [5.41, 5.74) is 3.02. The van der Waals surface area contributed by atoms with Crippen molar-refractivity contribution in [2.45, 2.75) is 44.8 Å². The molecule has 0 aromatic heterocycles. The molecular weight excluding hydrogens is 615 g/mol. The van der Waals surface area contributed by atoms with Crippen LogP contribution in [0.1, 0.15) is 38.7 Å². The number of amides is 5. The molecular formula is C30H31Cl3N6O4. The van der Waals surface area contributed by atoms with Crippen LogP contribution < -0.4 is 15.6 Å². The van der Waals surface area contributed by atoms with Crippen molar-refractivity contribution < 1.29 is 19.6 Å². The van der Waals surface area contributed by atoms with Gasteiger partial charge in [-0.1, -0.05) is 59.1 Å². The minimum absolute atomic E-state index is 0.190. The molecule has 1 aliphatic heterocycles. The third-order valence-corrected chi connectivity index (χ3v) is 7.64. The Kier molecular flexibility index (Phi) is 10.5. The van der Waals surface area contributed by atoms with Crippen molar-refractivity contribution in [3.63, 3.8) is 0 Å². The molecule has 4 rings (SSSR count). The Labute approximate surface area is 264 Å². The van der Waals surface area contributed by atoms with Crippen molar-refractivity contribution in [1.29, 1.82) is 0 Å². The Morgan fingerprint density at radius 2 is 1.65 bits per heavy atom. The summed E-state index contributed by atoms with van der Waals surface area (Å²) in [6, 6.07) is 18.8. The average Bonchev–Trinajstić information content (AvgIpc) is 3.16. The van der Waals surface area contributed by atoms with Gasteiger partial charge in [-0.2, -0.15) is 10.2 Å². The van der Waals surface area contributed by atoms with Crippen molar-refractivity contribution in [3.8, 4) is 0 Å².